The summed E-state index contributed by atoms with van der Waals surface area (Å²) in [4.78, 5) is 22.8. The van der Waals surface area contributed by atoms with Gasteiger partial charge in [0.05, 0.1) is 9.95 Å². The Kier molecular flexibility index (Phi) is 5.01. The van der Waals surface area contributed by atoms with Crippen LogP contribution in [-0.2, 0) is 0 Å². The number of hydrogen-bond acceptors (Lipinski definition) is 4. The van der Waals surface area contributed by atoms with Gasteiger partial charge in [0, 0.05) is 24.2 Å². The Labute approximate surface area is 128 Å². The highest BCUT2D eigenvalue weighted by Crippen LogP contribution is 2.33. The number of rotatable bonds is 5. The van der Waals surface area contributed by atoms with Crippen molar-refractivity contribution in [2.75, 3.05) is 11.9 Å². The van der Waals surface area contributed by atoms with E-state index in [0.29, 0.717) is 6.54 Å². The molecule has 0 spiro atoms. The van der Waals surface area contributed by atoms with E-state index in [9.17, 15) is 14.9 Å². The maximum atomic E-state index is 12.2. The van der Waals surface area contributed by atoms with Gasteiger partial charge < -0.3 is 10.6 Å². The van der Waals surface area contributed by atoms with Crippen LogP contribution in [0.15, 0.2) is 12.1 Å². The Hall–Kier alpha value is -1.82. The number of halogens is 1. The van der Waals surface area contributed by atoms with Crippen molar-refractivity contribution in [2.45, 2.75) is 38.6 Å². The lowest BCUT2D eigenvalue weighted by Crippen LogP contribution is -2.32. The number of nitro benzene ring substituents is 1. The second kappa shape index (κ2) is 6.76. The third-order valence-electron chi connectivity index (χ3n) is 3.57. The minimum absolute atomic E-state index is 0.156. The predicted molar refractivity (Wildman–Crippen MR) is 82.0 cm³/mol. The highest BCUT2D eigenvalue weighted by Gasteiger charge is 2.23. The van der Waals surface area contributed by atoms with E-state index in [1.807, 2.05) is 6.92 Å². The van der Waals surface area contributed by atoms with Gasteiger partial charge in [-0.3, -0.25) is 14.9 Å². The number of benzene rings is 1. The van der Waals surface area contributed by atoms with Gasteiger partial charge in [0.2, 0.25) is 0 Å². The summed E-state index contributed by atoms with van der Waals surface area (Å²) < 4.78 is 0. The topological polar surface area (TPSA) is 84.3 Å². The van der Waals surface area contributed by atoms with Crippen LogP contribution in [0.2, 0.25) is 5.02 Å². The molecule has 21 heavy (non-hydrogen) atoms. The van der Waals surface area contributed by atoms with E-state index in [4.69, 9.17) is 11.6 Å². The van der Waals surface area contributed by atoms with Crippen LogP contribution in [0.25, 0.3) is 0 Å². The number of hydrogen-bond donors (Lipinski definition) is 2. The maximum Gasteiger partial charge on any atom is 0.294 e. The lowest BCUT2D eigenvalue weighted by molar-refractivity contribution is -0.384. The van der Waals surface area contributed by atoms with Crippen molar-refractivity contribution in [3.05, 3.63) is 32.8 Å². The van der Waals surface area contributed by atoms with Gasteiger partial charge >= 0.3 is 0 Å². The summed E-state index contributed by atoms with van der Waals surface area (Å²) in [6.07, 6.45) is 4.12. The fraction of sp³-hybridized carbons (Fsp3) is 0.500. The Morgan fingerprint density at radius 2 is 2.10 bits per heavy atom. The minimum atomic E-state index is -0.532. The van der Waals surface area contributed by atoms with Gasteiger partial charge in [-0.2, -0.15) is 0 Å². The zero-order valence-electron chi connectivity index (χ0n) is 11.8. The van der Waals surface area contributed by atoms with Crippen LogP contribution in [0.1, 0.15) is 43.0 Å². The molecule has 114 valence electrons. The van der Waals surface area contributed by atoms with Gasteiger partial charge in [0.1, 0.15) is 5.69 Å². The van der Waals surface area contributed by atoms with E-state index in [2.05, 4.69) is 10.6 Å². The summed E-state index contributed by atoms with van der Waals surface area (Å²) in [6, 6.07) is 2.90. The van der Waals surface area contributed by atoms with Crippen LogP contribution in [0.3, 0.4) is 0 Å². The smallest absolute Gasteiger partial charge is 0.294 e. The lowest BCUT2D eigenvalue weighted by atomic mass is 10.1. The minimum Gasteiger partial charge on any atom is -0.379 e. The van der Waals surface area contributed by atoms with Crippen LogP contribution in [0.5, 0.6) is 0 Å². The molecule has 1 amide bonds. The molecule has 1 aliphatic rings. The second-order valence-corrected chi connectivity index (χ2v) is 5.50. The number of nitrogens with one attached hydrogen (secondary N) is 2. The van der Waals surface area contributed by atoms with Crippen molar-refractivity contribution >= 4 is 28.9 Å². The summed E-state index contributed by atoms with van der Waals surface area (Å²) in [6.45, 7) is 2.33. The summed E-state index contributed by atoms with van der Waals surface area (Å²) in [5.41, 5.74) is 0.294. The molecule has 0 heterocycles. The van der Waals surface area contributed by atoms with E-state index in [1.165, 1.54) is 12.1 Å². The average Bonchev–Trinajstić information content (AvgIpc) is 2.93. The SMILES string of the molecule is CCNc1c(Cl)cc(C(=O)NC2CCCC2)cc1[N+](=O)[O-]. The van der Waals surface area contributed by atoms with Gasteiger partial charge in [-0.25, -0.2) is 0 Å². The second-order valence-electron chi connectivity index (χ2n) is 5.09. The van der Waals surface area contributed by atoms with Crippen LogP contribution in [0.4, 0.5) is 11.4 Å². The number of carbonyl (C=O) groups excluding carboxylic acids is 1. The molecule has 6 nitrogen and oxygen atoms in total. The third kappa shape index (κ3) is 3.64. The van der Waals surface area contributed by atoms with E-state index < -0.39 is 4.92 Å². The fourth-order valence-corrected chi connectivity index (χ4v) is 2.84. The zero-order chi connectivity index (χ0) is 15.4. The molecular formula is C14H18ClN3O3. The van der Waals surface area contributed by atoms with Gasteiger partial charge in [-0.15, -0.1) is 0 Å². The first-order chi connectivity index (χ1) is 10.0. The highest BCUT2D eigenvalue weighted by molar-refractivity contribution is 6.34. The van der Waals surface area contributed by atoms with Crippen LogP contribution >= 0.6 is 11.6 Å². The zero-order valence-corrected chi connectivity index (χ0v) is 12.6. The van der Waals surface area contributed by atoms with E-state index >= 15 is 0 Å². The summed E-state index contributed by atoms with van der Waals surface area (Å²) >= 11 is 6.07. The molecule has 1 aliphatic carbocycles. The molecule has 0 atom stereocenters. The van der Waals surface area contributed by atoms with Crippen LogP contribution < -0.4 is 10.6 Å². The summed E-state index contributed by atoms with van der Waals surface area (Å²) in [5, 5.41) is 17.1. The average molecular weight is 312 g/mol. The molecular weight excluding hydrogens is 294 g/mol. The molecule has 0 saturated heterocycles. The maximum absolute atomic E-state index is 12.2. The first-order valence-electron chi connectivity index (χ1n) is 7.05. The highest BCUT2D eigenvalue weighted by atomic mass is 35.5. The quantitative estimate of drug-likeness (QED) is 0.645. The third-order valence-corrected chi connectivity index (χ3v) is 3.87. The van der Waals surface area contributed by atoms with Crippen molar-refractivity contribution in [3.8, 4) is 0 Å². The molecule has 2 N–H and O–H groups in total. The van der Waals surface area contributed by atoms with Gasteiger partial charge in [-0.1, -0.05) is 24.4 Å². The number of nitro groups is 1. The molecule has 0 radical (unpaired) electrons. The number of carbonyl (C=O) groups is 1. The van der Waals surface area contributed by atoms with Crippen LogP contribution in [0, 0.1) is 10.1 Å². The van der Waals surface area contributed by atoms with Gasteiger partial charge in [0.15, 0.2) is 0 Å². The van der Waals surface area contributed by atoms with E-state index in [1.54, 1.807) is 0 Å². The predicted octanol–water partition coefficient (Wildman–Crippen LogP) is 3.35. The number of anilines is 1. The van der Waals surface area contributed by atoms with Crippen molar-refractivity contribution < 1.29 is 9.72 Å². The molecule has 0 aliphatic heterocycles. The monoisotopic (exact) mass is 311 g/mol. The molecule has 2 rings (SSSR count). The van der Waals surface area contributed by atoms with E-state index in [0.717, 1.165) is 25.7 Å². The normalized spacial score (nSPS) is 15.0. The van der Waals surface area contributed by atoms with E-state index in [-0.39, 0.29) is 33.9 Å². The molecule has 1 saturated carbocycles. The molecule has 1 aromatic carbocycles. The molecule has 0 aromatic heterocycles. The molecule has 0 unspecified atom stereocenters. The summed E-state index contributed by atoms with van der Waals surface area (Å²) in [7, 11) is 0. The standard InChI is InChI=1S/C14H18ClN3O3/c1-2-16-13-11(15)7-9(8-12(13)18(20)21)14(19)17-10-5-3-4-6-10/h7-8,10,16H,2-6H2,1H3,(H,17,19). The number of amides is 1. The largest absolute Gasteiger partial charge is 0.379 e. The van der Waals surface area contributed by atoms with Crippen molar-refractivity contribution in [3.63, 3.8) is 0 Å². The van der Waals surface area contributed by atoms with Gasteiger partial charge in [-0.05, 0) is 25.8 Å². The molecule has 1 fully saturated rings. The molecule has 7 heteroatoms. The van der Waals surface area contributed by atoms with Crippen molar-refractivity contribution in [2.24, 2.45) is 0 Å². The molecule has 0 bridgehead atoms. The summed E-state index contributed by atoms with van der Waals surface area (Å²) in [5.74, 6) is -0.310. The van der Waals surface area contributed by atoms with Crippen molar-refractivity contribution in [1.82, 2.24) is 5.32 Å². The van der Waals surface area contributed by atoms with Crippen LogP contribution in [-0.4, -0.2) is 23.4 Å². The Morgan fingerprint density at radius 1 is 1.43 bits per heavy atom. The lowest BCUT2D eigenvalue weighted by Gasteiger charge is -2.13. The Morgan fingerprint density at radius 3 is 2.67 bits per heavy atom. The number of nitrogens with zero attached hydrogens (tertiary/aromatic N) is 1. The Bertz CT molecular complexity index is 557. The first kappa shape index (κ1) is 15.6. The van der Waals surface area contributed by atoms with Crippen molar-refractivity contribution in [1.29, 1.82) is 0 Å². The first-order valence-corrected chi connectivity index (χ1v) is 7.43. The fourth-order valence-electron chi connectivity index (χ4n) is 2.56. The van der Waals surface area contributed by atoms with Gasteiger partial charge in [0.25, 0.3) is 11.6 Å². The Balaban J connectivity index is 2.27. The molecule has 1 aromatic rings.